The molecule has 3 rings (SSSR count). The minimum absolute atomic E-state index is 0.0304. The van der Waals surface area contributed by atoms with E-state index in [9.17, 15) is 14.9 Å². The molecule has 0 aliphatic carbocycles. The molecule has 0 aromatic carbocycles. The van der Waals surface area contributed by atoms with E-state index in [-0.39, 0.29) is 17.6 Å². The second kappa shape index (κ2) is 7.39. The molecule has 24 heavy (non-hydrogen) atoms. The molecule has 1 aliphatic heterocycles. The van der Waals surface area contributed by atoms with Crippen LogP contribution in [0.2, 0.25) is 0 Å². The quantitative estimate of drug-likeness (QED) is 0.642. The van der Waals surface area contributed by atoms with Crippen LogP contribution in [0.15, 0.2) is 35.2 Å². The third-order valence-corrected chi connectivity index (χ3v) is 4.79. The highest BCUT2D eigenvalue weighted by Crippen LogP contribution is 2.18. The molecular weight excluding hydrogens is 328 g/mol. The zero-order valence-electron chi connectivity index (χ0n) is 13.1. The van der Waals surface area contributed by atoms with E-state index in [0.29, 0.717) is 18.8 Å². The van der Waals surface area contributed by atoms with Crippen LogP contribution in [0.5, 0.6) is 0 Å². The number of nitrogens with one attached hydrogen (secondary N) is 1. The number of amides is 1. The van der Waals surface area contributed by atoms with E-state index in [1.54, 1.807) is 17.4 Å². The van der Waals surface area contributed by atoms with Gasteiger partial charge in [-0.3, -0.25) is 14.9 Å². The number of nitrogens with zero attached hydrogens (tertiary/aromatic N) is 3. The second-order valence-corrected chi connectivity index (χ2v) is 6.54. The van der Waals surface area contributed by atoms with Crippen LogP contribution in [0.4, 0.5) is 11.5 Å². The van der Waals surface area contributed by atoms with E-state index in [0.717, 1.165) is 19.4 Å². The van der Waals surface area contributed by atoms with Gasteiger partial charge in [0, 0.05) is 31.6 Å². The lowest BCUT2D eigenvalue weighted by atomic mass is 10.2. The average molecular weight is 346 g/mol. The fourth-order valence-electron chi connectivity index (χ4n) is 2.74. The number of carbonyl (C=O) groups is 1. The molecule has 0 saturated carbocycles. The minimum atomic E-state index is -0.472. The highest BCUT2D eigenvalue weighted by Gasteiger charge is 2.26. The van der Waals surface area contributed by atoms with Crippen molar-refractivity contribution in [2.24, 2.45) is 0 Å². The van der Waals surface area contributed by atoms with Gasteiger partial charge in [0.15, 0.2) is 0 Å². The SMILES string of the molecule is O=C(CCc1ccsc1)N1CCC(Nc2ccc([N+](=O)[O-])cn2)C1. The van der Waals surface area contributed by atoms with Crippen molar-refractivity contribution in [1.29, 1.82) is 0 Å². The first-order valence-electron chi connectivity index (χ1n) is 7.77. The Morgan fingerprint density at radius 3 is 3.00 bits per heavy atom. The second-order valence-electron chi connectivity index (χ2n) is 5.76. The van der Waals surface area contributed by atoms with Crippen molar-refractivity contribution in [3.8, 4) is 0 Å². The van der Waals surface area contributed by atoms with Crippen LogP contribution in [0.3, 0.4) is 0 Å². The van der Waals surface area contributed by atoms with Gasteiger partial charge in [0.25, 0.3) is 5.69 Å². The number of carbonyl (C=O) groups excluding carboxylic acids is 1. The molecule has 1 atom stereocenters. The van der Waals surface area contributed by atoms with E-state index >= 15 is 0 Å². The summed E-state index contributed by atoms with van der Waals surface area (Å²) in [5.74, 6) is 0.764. The number of nitro groups is 1. The van der Waals surface area contributed by atoms with Crippen LogP contribution in [0.25, 0.3) is 0 Å². The molecule has 126 valence electrons. The molecule has 2 aromatic rings. The van der Waals surface area contributed by atoms with Gasteiger partial charge < -0.3 is 10.2 Å². The Morgan fingerprint density at radius 1 is 1.46 bits per heavy atom. The molecule has 1 unspecified atom stereocenters. The van der Waals surface area contributed by atoms with Gasteiger partial charge in [-0.1, -0.05) is 0 Å². The first-order valence-corrected chi connectivity index (χ1v) is 8.72. The van der Waals surface area contributed by atoms with Gasteiger partial charge in [0.05, 0.1) is 4.92 Å². The van der Waals surface area contributed by atoms with E-state index < -0.39 is 4.92 Å². The van der Waals surface area contributed by atoms with Crippen LogP contribution in [-0.2, 0) is 11.2 Å². The van der Waals surface area contributed by atoms with E-state index in [1.165, 1.54) is 17.8 Å². The normalized spacial score (nSPS) is 17.0. The predicted molar refractivity (Wildman–Crippen MR) is 92.1 cm³/mol. The van der Waals surface area contributed by atoms with Crippen molar-refractivity contribution in [3.63, 3.8) is 0 Å². The standard InChI is InChI=1S/C16H18N4O3S/c21-16(4-1-12-6-8-24-11-12)19-7-5-13(10-19)18-15-3-2-14(9-17-15)20(22)23/h2-3,6,8-9,11,13H,1,4-5,7,10H2,(H,17,18). The summed E-state index contributed by atoms with van der Waals surface area (Å²) in [5, 5.41) is 18.0. The molecule has 1 N–H and O–H groups in total. The number of likely N-dealkylation sites (tertiary alicyclic amines) is 1. The molecule has 1 saturated heterocycles. The van der Waals surface area contributed by atoms with Crippen LogP contribution >= 0.6 is 11.3 Å². The summed E-state index contributed by atoms with van der Waals surface area (Å²) in [6.07, 6.45) is 3.39. The number of rotatable bonds is 6. The van der Waals surface area contributed by atoms with Gasteiger partial charge in [0.2, 0.25) is 5.91 Å². The summed E-state index contributed by atoms with van der Waals surface area (Å²) >= 11 is 1.64. The number of anilines is 1. The van der Waals surface area contributed by atoms with Gasteiger partial charge in [-0.25, -0.2) is 4.98 Å². The van der Waals surface area contributed by atoms with Gasteiger partial charge in [-0.05, 0) is 41.3 Å². The number of aryl methyl sites for hydroxylation is 1. The maximum atomic E-state index is 12.3. The van der Waals surface area contributed by atoms with E-state index in [1.807, 2.05) is 16.3 Å². The minimum Gasteiger partial charge on any atom is -0.365 e. The van der Waals surface area contributed by atoms with Crippen molar-refractivity contribution in [3.05, 3.63) is 50.8 Å². The van der Waals surface area contributed by atoms with Crippen molar-refractivity contribution >= 4 is 28.7 Å². The van der Waals surface area contributed by atoms with Gasteiger partial charge in [0.1, 0.15) is 12.0 Å². The lowest BCUT2D eigenvalue weighted by Crippen LogP contribution is -2.31. The molecule has 1 amide bonds. The van der Waals surface area contributed by atoms with E-state index in [4.69, 9.17) is 0 Å². The highest BCUT2D eigenvalue weighted by molar-refractivity contribution is 7.07. The molecule has 3 heterocycles. The summed E-state index contributed by atoms with van der Waals surface area (Å²) in [4.78, 5) is 28.3. The van der Waals surface area contributed by atoms with E-state index in [2.05, 4.69) is 15.7 Å². The molecule has 8 heteroatoms. The Kier molecular flexibility index (Phi) is 5.05. The summed E-state index contributed by atoms with van der Waals surface area (Å²) in [6.45, 7) is 1.37. The molecule has 1 aliphatic rings. The molecule has 0 spiro atoms. The largest absolute Gasteiger partial charge is 0.365 e. The number of pyridine rings is 1. The molecular formula is C16H18N4O3S. The van der Waals surface area contributed by atoms with Crippen LogP contribution in [0.1, 0.15) is 18.4 Å². The Balaban J connectivity index is 1.47. The summed E-state index contributed by atoms with van der Waals surface area (Å²) in [6, 6.07) is 5.20. The fourth-order valence-corrected chi connectivity index (χ4v) is 3.44. The lowest BCUT2D eigenvalue weighted by molar-refractivity contribution is -0.385. The Bertz CT molecular complexity index is 703. The number of hydrogen-bond acceptors (Lipinski definition) is 6. The fraction of sp³-hybridized carbons (Fsp3) is 0.375. The molecule has 2 aromatic heterocycles. The highest BCUT2D eigenvalue weighted by atomic mass is 32.1. The van der Waals surface area contributed by atoms with Crippen molar-refractivity contribution in [2.75, 3.05) is 18.4 Å². The Labute approximate surface area is 143 Å². The van der Waals surface area contributed by atoms with Crippen molar-refractivity contribution < 1.29 is 9.72 Å². The van der Waals surface area contributed by atoms with Crippen LogP contribution < -0.4 is 5.32 Å². The molecule has 1 fully saturated rings. The zero-order valence-corrected chi connectivity index (χ0v) is 13.9. The number of thiophene rings is 1. The molecule has 7 nitrogen and oxygen atoms in total. The maximum Gasteiger partial charge on any atom is 0.287 e. The predicted octanol–water partition coefficient (Wildman–Crippen LogP) is 2.70. The van der Waals surface area contributed by atoms with Gasteiger partial charge in [-0.2, -0.15) is 11.3 Å². The smallest absolute Gasteiger partial charge is 0.287 e. The Morgan fingerprint density at radius 2 is 2.33 bits per heavy atom. The lowest BCUT2D eigenvalue weighted by Gasteiger charge is -2.17. The van der Waals surface area contributed by atoms with Crippen molar-refractivity contribution in [1.82, 2.24) is 9.88 Å². The first kappa shape index (κ1) is 16.4. The summed E-state index contributed by atoms with van der Waals surface area (Å²) in [5.41, 5.74) is 1.18. The zero-order chi connectivity index (χ0) is 16.9. The van der Waals surface area contributed by atoms with Crippen molar-refractivity contribution in [2.45, 2.75) is 25.3 Å². The third-order valence-electron chi connectivity index (χ3n) is 4.06. The maximum absolute atomic E-state index is 12.3. The van der Waals surface area contributed by atoms with Gasteiger partial charge >= 0.3 is 0 Å². The molecule has 0 radical (unpaired) electrons. The topological polar surface area (TPSA) is 88.4 Å². The number of hydrogen-bond donors (Lipinski definition) is 1. The molecule has 0 bridgehead atoms. The van der Waals surface area contributed by atoms with Crippen LogP contribution in [0, 0.1) is 10.1 Å². The van der Waals surface area contributed by atoms with Gasteiger partial charge in [-0.15, -0.1) is 0 Å². The monoisotopic (exact) mass is 346 g/mol. The summed E-state index contributed by atoms with van der Waals surface area (Å²) in [7, 11) is 0. The summed E-state index contributed by atoms with van der Waals surface area (Å²) < 4.78 is 0. The third kappa shape index (κ3) is 4.08. The first-order chi connectivity index (χ1) is 11.6. The average Bonchev–Trinajstić information content (AvgIpc) is 3.25. The van der Waals surface area contributed by atoms with Crippen LogP contribution in [-0.4, -0.2) is 39.8 Å². The Hall–Kier alpha value is -2.48. The number of aromatic nitrogens is 1.